The zero-order valence-corrected chi connectivity index (χ0v) is 8.72. The molecule has 1 aromatic rings. The number of aromatic hydroxyl groups is 1. The lowest BCUT2D eigenvalue weighted by atomic mass is 10.1. The molecule has 0 amide bonds. The van der Waals surface area contributed by atoms with E-state index in [-0.39, 0.29) is 6.17 Å². The molecule has 0 saturated heterocycles. The fraction of sp³-hybridized carbons (Fsp3) is 0.364. The van der Waals surface area contributed by atoms with E-state index in [4.69, 9.17) is 5.11 Å². The van der Waals surface area contributed by atoms with Gasteiger partial charge < -0.3 is 10.0 Å². The average Bonchev–Trinajstić information content (AvgIpc) is 2.63. The van der Waals surface area contributed by atoms with Crippen LogP contribution in [0.15, 0.2) is 29.4 Å². The molecular weight excluding hydrogens is 190 g/mol. The summed E-state index contributed by atoms with van der Waals surface area (Å²) in [6.07, 6.45) is 3.06. The molecule has 0 fully saturated rings. The molecule has 0 aliphatic carbocycles. The van der Waals surface area contributed by atoms with Crippen molar-refractivity contribution in [3.63, 3.8) is 0 Å². The summed E-state index contributed by atoms with van der Waals surface area (Å²) in [5.41, 5.74) is 4.19. The van der Waals surface area contributed by atoms with Crippen LogP contribution in [0.2, 0.25) is 0 Å². The summed E-state index contributed by atoms with van der Waals surface area (Å²) in [6.45, 7) is 3.01. The molecule has 1 heterocycles. The molecule has 0 aromatic heterocycles. The molecule has 2 rings (SSSR count). The largest absolute Gasteiger partial charge is 0.508 e. The maximum absolute atomic E-state index is 9.14. The van der Waals surface area contributed by atoms with Crippen molar-refractivity contribution in [3.8, 4) is 5.75 Å². The number of hydrogen-bond acceptors (Lipinski definition) is 4. The zero-order valence-electron chi connectivity index (χ0n) is 8.72. The normalized spacial score (nSPS) is 19.3. The van der Waals surface area contributed by atoms with E-state index in [9.17, 15) is 0 Å². The van der Waals surface area contributed by atoms with Crippen molar-refractivity contribution in [2.75, 3.05) is 6.54 Å². The first kappa shape index (κ1) is 9.83. The predicted octanol–water partition coefficient (Wildman–Crippen LogP) is 1.13. The minimum atomic E-state index is 0.280. The first-order valence-corrected chi connectivity index (χ1v) is 5.08. The van der Waals surface area contributed by atoms with E-state index in [0.29, 0.717) is 5.75 Å². The fourth-order valence-corrected chi connectivity index (χ4v) is 1.56. The average molecular weight is 205 g/mol. The molecule has 4 nitrogen and oxygen atoms in total. The van der Waals surface area contributed by atoms with Crippen LogP contribution >= 0.6 is 0 Å². The van der Waals surface area contributed by atoms with Crippen molar-refractivity contribution in [1.29, 1.82) is 0 Å². The number of nitrogens with one attached hydrogen (secondary N) is 1. The highest BCUT2D eigenvalue weighted by atomic mass is 16.3. The summed E-state index contributed by atoms with van der Waals surface area (Å²) >= 11 is 0. The Hall–Kier alpha value is -1.71. The molecule has 2 N–H and O–H groups in total. The second-order valence-electron chi connectivity index (χ2n) is 3.70. The molecule has 0 bridgehead atoms. The Labute approximate surface area is 89.2 Å². The van der Waals surface area contributed by atoms with Crippen molar-refractivity contribution >= 4 is 6.34 Å². The molecule has 80 valence electrons. The van der Waals surface area contributed by atoms with Gasteiger partial charge in [0, 0.05) is 6.54 Å². The Kier molecular flexibility index (Phi) is 2.76. The molecule has 1 atom stereocenters. The van der Waals surface area contributed by atoms with Crippen LogP contribution in [0.25, 0.3) is 0 Å². The van der Waals surface area contributed by atoms with Gasteiger partial charge in [-0.1, -0.05) is 12.1 Å². The Bertz CT molecular complexity index is 347. The number of phenols is 1. The molecule has 1 unspecified atom stereocenters. The summed E-state index contributed by atoms with van der Waals surface area (Å²) in [5, 5.41) is 13.1. The summed E-state index contributed by atoms with van der Waals surface area (Å²) in [6, 6.07) is 7.32. The summed E-state index contributed by atoms with van der Waals surface area (Å²) < 4.78 is 0. The molecule has 0 spiro atoms. The minimum absolute atomic E-state index is 0.280. The molecule has 1 aliphatic heterocycles. The third-order valence-corrected chi connectivity index (χ3v) is 2.56. The Morgan fingerprint density at radius 1 is 1.40 bits per heavy atom. The highest BCUT2D eigenvalue weighted by molar-refractivity contribution is 5.56. The maximum atomic E-state index is 9.14. The number of rotatable bonds is 3. The van der Waals surface area contributed by atoms with Gasteiger partial charge in [0.05, 0.1) is 0 Å². The third kappa shape index (κ3) is 2.40. The smallest absolute Gasteiger partial charge is 0.115 e. The van der Waals surface area contributed by atoms with Gasteiger partial charge in [0.25, 0.3) is 0 Å². The fourth-order valence-electron chi connectivity index (χ4n) is 1.56. The molecule has 0 radical (unpaired) electrons. The van der Waals surface area contributed by atoms with Crippen LogP contribution < -0.4 is 5.43 Å². The van der Waals surface area contributed by atoms with Crippen molar-refractivity contribution in [1.82, 2.24) is 10.3 Å². The van der Waals surface area contributed by atoms with Crippen LogP contribution in [0, 0.1) is 0 Å². The van der Waals surface area contributed by atoms with Gasteiger partial charge in [0.15, 0.2) is 0 Å². The van der Waals surface area contributed by atoms with E-state index < -0.39 is 0 Å². The zero-order chi connectivity index (χ0) is 10.7. The van der Waals surface area contributed by atoms with Crippen molar-refractivity contribution < 1.29 is 5.11 Å². The number of hydrogen-bond donors (Lipinski definition) is 2. The van der Waals surface area contributed by atoms with Gasteiger partial charge >= 0.3 is 0 Å². The predicted molar refractivity (Wildman–Crippen MR) is 59.6 cm³/mol. The van der Waals surface area contributed by atoms with Crippen molar-refractivity contribution in [2.45, 2.75) is 19.5 Å². The van der Waals surface area contributed by atoms with E-state index in [0.717, 1.165) is 13.0 Å². The van der Waals surface area contributed by atoms with E-state index in [2.05, 4.69) is 22.4 Å². The second-order valence-corrected chi connectivity index (χ2v) is 3.70. The highest BCUT2D eigenvalue weighted by Crippen LogP contribution is 2.11. The van der Waals surface area contributed by atoms with E-state index in [1.54, 1.807) is 12.1 Å². The summed E-state index contributed by atoms with van der Waals surface area (Å²) in [5.74, 6) is 0.316. The van der Waals surface area contributed by atoms with Crippen LogP contribution in [0.3, 0.4) is 0 Å². The van der Waals surface area contributed by atoms with Gasteiger partial charge in [-0.25, -0.2) is 0 Å². The lowest BCUT2D eigenvalue weighted by molar-refractivity contribution is 0.330. The van der Waals surface area contributed by atoms with Crippen LogP contribution in [0.4, 0.5) is 0 Å². The minimum Gasteiger partial charge on any atom is -0.508 e. The van der Waals surface area contributed by atoms with Gasteiger partial charge in [-0.05, 0) is 31.0 Å². The monoisotopic (exact) mass is 205 g/mol. The lowest BCUT2D eigenvalue weighted by Gasteiger charge is -2.19. The van der Waals surface area contributed by atoms with Gasteiger partial charge in [-0.2, -0.15) is 5.10 Å². The molecule has 15 heavy (non-hydrogen) atoms. The number of benzene rings is 1. The van der Waals surface area contributed by atoms with Crippen LogP contribution in [0.1, 0.15) is 12.5 Å². The standard InChI is InChI=1S/C11H15N3O/c1-9-13-12-8-14(9)7-6-10-2-4-11(15)5-3-10/h2-5,8-9,13,15H,6-7H2,1H3. The topological polar surface area (TPSA) is 47.9 Å². The van der Waals surface area contributed by atoms with Crippen molar-refractivity contribution in [2.24, 2.45) is 5.10 Å². The Morgan fingerprint density at radius 3 is 2.73 bits per heavy atom. The van der Waals surface area contributed by atoms with Crippen LogP contribution in [-0.4, -0.2) is 29.1 Å². The van der Waals surface area contributed by atoms with E-state index in [1.807, 2.05) is 18.5 Å². The molecule has 0 saturated carbocycles. The summed E-state index contributed by atoms with van der Waals surface area (Å²) in [7, 11) is 0. The maximum Gasteiger partial charge on any atom is 0.115 e. The SMILES string of the molecule is CC1NN=CN1CCc1ccc(O)cc1. The highest BCUT2D eigenvalue weighted by Gasteiger charge is 2.13. The van der Waals surface area contributed by atoms with Crippen molar-refractivity contribution in [3.05, 3.63) is 29.8 Å². The van der Waals surface area contributed by atoms with Gasteiger partial charge in [0.1, 0.15) is 18.3 Å². The van der Waals surface area contributed by atoms with Gasteiger partial charge in [0.2, 0.25) is 0 Å². The van der Waals surface area contributed by atoms with Crippen LogP contribution in [-0.2, 0) is 6.42 Å². The first-order chi connectivity index (χ1) is 7.25. The third-order valence-electron chi connectivity index (χ3n) is 2.56. The van der Waals surface area contributed by atoms with Gasteiger partial charge in [-0.15, -0.1) is 0 Å². The molecule has 4 heteroatoms. The lowest BCUT2D eigenvalue weighted by Crippen LogP contribution is -2.35. The first-order valence-electron chi connectivity index (χ1n) is 5.08. The van der Waals surface area contributed by atoms with Gasteiger partial charge in [-0.3, -0.25) is 5.43 Å². The summed E-state index contributed by atoms with van der Waals surface area (Å²) in [4.78, 5) is 2.15. The van der Waals surface area contributed by atoms with E-state index in [1.165, 1.54) is 5.56 Å². The number of nitrogens with zero attached hydrogens (tertiary/aromatic N) is 2. The molecular formula is C11H15N3O. The van der Waals surface area contributed by atoms with Crippen LogP contribution in [0.5, 0.6) is 5.75 Å². The second kappa shape index (κ2) is 4.21. The Morgan fingerprint density at radius 2 is 2.13 bits per heavy atom. The number of hydrazone groups is 1. The molecule has 1 aromatic carbocycles. The number of phenolic OH excluding ortho intramolecular Hbond substituents is 1. The van der Waals surface area contributed by atoms with E-state index >= 15 is 0 Å². The Balaban J connectivity index is 1.87. The quantitative estimate of drug-likeness (QED) is 0.777. The molecule has 1 aliphatic rings.